The van der Waals surface area contributed by atoms with Crippen LogP contribution in [0, 0.1) is 17.9 Å². The summed E-state index contributed by atoms with van der Waals surface area (Å²) < 4.78 is 5.71. The van der Waals surface area contributed by atoms with E-state index in [1.807, 2.05) is 25.1 Å². The van der Waals surface area contributed by atoms with Crippen molar-refractivity contribution < 1.29 is 4.74 Å². The van der Waals surface area contributed by atoms with Crippen molar-refractivity contribution >= 4 is 17.3 Å². The van der Waals surface area contributed by atoms with E-state index in [4.69, 9.17) is 28.2 Å². The van der Waals surface area contributed by atoms with Gasteiger partial charge in [-0.1, -0.05) is 24.6 Å². The molecule has 2 aromatic carbocycles. The minimum atomic E-state index is 0.363. The average molecular weight is 283 g/mol. The summed E-state index contributed by atoms with van der Waals surface area (Å²) in [5.74, 6) is 0.960. The van der Waals surface area contributed by atoms with Crippen LogP contribution in [0.3, 0.4) is 0 Å². The summed E-state index contributed by atoms with van der Waals surface area (Å²) in [5.41, 5.74) is 1.85. The lowest BCUT2D eigenvalue weighted by molar-refractivity contribution is 0.482. The van der Waals surface area contributed by atoms with Crippen LogP contribution in [0.5, 0.6) is 11.5 Å². The van der Waals surface area contributed by atoms with E-state index in [0.717, 1.165) is 12.0 Å². The molecule has 2 rings (SSSR count). The van der Waals surface area contributed by atoms with Gasteiger partial charge in [0.15, 0.2) is 5.69 Å². The van der Waals surface area contributed by atoms with E-state index in [1.54, 1.807) is 18.2 Å². The standard InChI is InChI=1S/C16H11ClN2O/c1-3-11-4-5-15(17)16(8-11)20-14-7-12(10-18)6-13(9-14)19-2/h4-9H,3H2,1H3. The second-order valence-electron chi connectivity index (χ2n) is 4.16. The Labute approximate surface area is 122 Å². The molecule has 0 bridgehead atoms. The van der Waals surface area contributed by atoms with E-state index in [-0.39, 0.29) is 0 Å². The normalized spacial score (nSPS) is 9.60. The van der Waals surface area contributed by atoms with Crippen molar-refractivity contribution in [1.82, 2.24) is 0 Å². The van der Waals surface area contributed by atoms with Crippen molar-refractivity contribution in [1.29, 1.82) is 5.26 Å². The third-order valence-corrected chi connectivity index (χ3v) is 3.09. The zero-order valence-electron chi connectivity index (χ0n) is 10.9. The third kappa shape index (κ3) is 3.09. The van der Waals surface area contributed by atoms with E-state index in [1.165, 1.54) is 6.07 Å². The van der Waals surface area contributed by atoms with Gasteiger partial charge in [0.2, 0.25) is 0 Å². The van der Waals surface area contributed by atoms with E-state index >= 15 is 0 Å². The largest absolute Gasteiger partial charge is 0.457 e. The molecule has 0 amide bonds. The molecule has 0 heterocycles. The van der Waals surface area contributed by atoms with Crippen molar-refractivity contribution in [3.8, 4) is 17.6 Å². The Morgan fingerprint density at radius 2 is 2.10 bits per heavy atom. The van der Waals surface area contributed by atoms with Gasteiger partial charge in [-0.15, -0.1) is 0 Å². The first kappa shape index (κ1) is 13.9. The van der Waals surface area contributed by atoms with Crippen molar-refractivity contribution in [2.75, 3.05) is 0 Å². The fraction of sp³-hybridized carbons (Fsp3) is 0.125. The summed E-state index contributed by atoms with van der Waals surface area (Å²) in [5, 5.41) is 9.44. The predicted octanol–water partition coefficient (Wildman–Crippen LogP) is 5.12. The first-order chi connectivity index (χ1) is 9.66. The molecule has 0 aliphatic heterocycles. The summed E-state index contributed by atoms with van der Waals surface area (Å²) in [7, 11) is 0. The van der Waals surface area contributed by atoms with Crippen molar-refractivity contribution in [2.24, 2.45) is 0 Å². The van der Waals surface area contributed by atoms with Gasteiger partial charge >= 0.3 is 0 Å². The highest BCUT2D eigenvalue weighted by atomic mass is 35.5. The van der Waals surface area contributed by atoms with Crippen LogP contribution in [0.1, 0.15) is 18.1 Å². The maximum Gasteiger partial charge on any atom is 0.192 e. The molecule has 0 saturated heterocycles. The molecule has 0 atom stereocenters. The Bertz CT molecular complexity index is 694. The van der Waals surface area contributed by atoms with E-state index in [2.05, 4.69) is 4.85 Å². The van der Waals surface area contributed by atoms with Crippen molar-refractivity contribution in [2.45, 2.75) is 13.3 Å². The Morgan fingerprint density at radius 3 is 2.75 bits per heavy atom. The van der Waals surface area contributed by atoms with Crippen LogP contribution in [0.2, 0.25) is 5.02 Å². The molecule has 0 radical (unpaired) electrons. The maximum atomic E-state index is 8.95. The summed E-state index contributed by atoms with van der Waals surface area (Å²) in [6, 6.07) is 12.3. The van der Waals surface area contributed by atoms with Gasteiger partial charge in [-0.05, 0) is 42.3 Å². The van der Waals surface area contributed by atoms with Crippen LogP contribution in [-0.4, -0.2) is 0 Å². The highest BCUT2D eigenvalue weighted by Crippen LogP contribution is 2.32. The summed E-state index contributed by atoms with van der Waals surface area (Å²) in [6.07, 6.45) is 0.874. The first-order valence-electron chi connectivity index (χ1n) is 6.05. The number of ether oxygens (including phenoxy) is 1. The van der Waals surface area contributed by atoms with Crippen LogP contribution < -0.4 is 4.74 Å². The molecule has 0 N–H and O–H groups in total. The molecule has 0 spiro atoms. The van der Waals surface area contributed by atoms with Crippen LogP contribution in [0.15, 0.2) is 36.4 Å². The van der Waals surface area contributed by atoms with Gasteiger partial charge in [-0.25, -0.2) is 4.85 Å². The van der Waals surface area contributed by atoms with Gasteiger partial charge in [-0.3, -0.25) is 0 Å². The van der Waals surface area contributed by atoms with Crippen molar-refractivity contribution in [3.05, 3.63) is 64.0 Å². The molecule has 3 nitrogen and oxygen atoms in total. The summed E-state index contributed by atoms with van der Waals surface area (Å²) in [4.78, 5) is 3.32. The van der Waals surface area contributed by atoms with Gasteiger partial charge in [0.1, 0.15) is 11.5 Å². The monoisotopic (exact) mass is 282 g/mol. The van der Waals surface area contributed by atoms with Gasteiger partial charge < -0.3 is 4.74 Å². The molecular weight excluding hydrogens is 272 g/mol. The number of aryl methyl sites for hydroxylation is 1. The lowest BCUT2D eigenvalue weighted by Gasteiger charge is -2.10. The molecule has 98 valence electrons. The number of halogens is 1. The fourth-order valence-electron chi connectivity index (χ4n) is 1.74. The Morgan fingerprint density at radius 1 is 1.30 bits per heavy atom. The molecular formula is C16H11ClN2O. The lowest BCUT2D eigenvalue weighted by Crippen LogP contribution is -1.89. The molecule has 0 aliphatic carbocycles. The summed E-state index contributed by atoms with van der Waals surface area (Å²) in [6.45, 7) is 9.07. The van der Waals surface area contributed by atoms with Gasteiger partial charge in [0, 0.05) is 5.56 Å². The van der Waals surface area contributed by atoms with Gasteiger partial charge in [0.05, 0.1) is 17.7 Å². The molecule has 0 unspecified atom stereocenters. The number of nitrogens with zero attached hydrogens (tertiary/aromatic N) is 2. The average Bonchev–Trinajstić information content (AvgIpc) is 2.49. The van der Waals surface area contributed by atoms with E-state index < -0.39 is 0 Å². The molecule has 0 saturated carbocycles. The van der Waals surface area contributed by atoms with Crippen LogP contribution in [0.4, 0.5) is 5.69 Å². The zero-order chi connectivity index (χ0) is 14.5. The third-order valence-electron chi connectivity index (χ3n) is 2.78. The molecule has 4 heteroatoms. The van der Waals surface area contributed by atoms with Gasteiger partial charge in [0.25, 0.3) is 0 Å². The topological polar surface area (TPSA) is 37.4 Å². The molecule has 20 heavy (non-hydrogen) atoms. The molecule has 0 fully saturated rings. The van der Waals surface area contributed by atoms with E-state index in [9.17, 15) is 0 Å². The molecule has 2 aromatic rings. The quantitative estimate of drug-likeness (QED) is 0.733. The van der Waals surface area contributed by atoms with Crippen molar-refractivity contribution in [3.63, 3.8) is 0 Å². The summed E-state index contributed by atoms with van der Waals surface area (Å²) >= 11 is 6.10. The Kier molecular flexibility index (Phi) is 4.25. The second-order valence-corrected chi connectivity index (χ2v) is 4.57. The fourth-order valence-corrected chi connectivity index (χ4v) is 1.90. The molecule has 0 aliphatic rings. The first-order valence-corrected chi connectivity index (χ1v) is 6.43. The van der Waals surface area contributed by atoms with E-state index in [0.29, 0.717) is 27.8 Å². The Balaban J connectivity index is 2.40. The number of benzene rings is 2. The number of nitriles is 1. The number of hydrogen-bond acceptors (Lipinski definition) is 2. The number of hydrogen-bond donors (Lipinski definition) is 0. The minimum Gasteiger partial charge on any atom is -0.457 e. The predicted molar refractivity (Wildman–Crippen MR) is 78.3 cm³/mol. The lowest BCUT2D eigenvalue weighted by atomic mass is 10.1. The van der Waals surface area contributed by atoms with Gasteiger partial charge in [-0.2, -0.15) is 5.26 Å². The SMILES string of the molecule is [C-]#[N+]c1cc(C#N)cc(Oc2cc(CC)ccc2Cl)c1. The highest BCUT2D eigenvalue weighted by Gasteiger charge is 2.07. The number of rotatable bonds is 3. The smallest absolute Gasteiger partial charge is 0.192 e. The van der Waals surface area contributed by atoms with Crippen LogP contribution in [0.25, 0.3) is 4.85 Å². The minimum absolute atomic E-state index is 0.363. The van der Waals surface area contributed by atoms with Crippen LogP contribution in [-0.2, 0) is 6.42 Å². The zero-order valence-corrected chi connectivity index (χ0v) is 11.6. The Hall–Kier alpha value is -2.49. The van der Waals surface area contributed by atoms with Crippen LogP contribution >= 0.6 is 11.6 Å². The molecule has 0 aromatic heterocycles. The maximum absolute atomic E-state index is 8.95. The second kappa shape index (κ2) is 6.10. The highest BCUT2D eigenvalue weighted by molar-refractivity contribution is 6.32.